The third-order valence-corrected chi connectivity index (χ3v) is 3.83. The van der Waals surface area contributed by atoms with Crippen LogP contribution in [0.2, 0.25) is 5.02 Å². The van der Waals surface area contributed by atoms with Gasteiger partial charge in [-0.05, 0) is 43.3 Å². The third kappa shape index (κ3) is 4.00. The number of rotatable bonds is 5. The molecule has 0 aliphatic rings. The van der Waals surface area contributed by atoms with Gasteiger partial charge in [0.1, 0.15) is 11.3 Å². The van der Waals surface area contributed by atoms with E-state index < -0.39 is 5.97 Å². The third-order valence-electron chi connectivity index (χ3n) is 3.57. The van der Waals surface area contributed by atoms with Crippen LogP contribution < -0.4 is 4.74 Å². The van der Waals surface area contributed by atoms with Crippen LogP contribution in [0, 0.1) is 6.92 Å². The van der Waals surface area contributed by atoms with E-state index >= 15 is 0 Å². The normalized spacial score (nSPS) is 10.5. The van der Waals surface area contributed by atoms with Gasteiger partial charge in [-0.3, -0.25) is 0 Å². The van der Waals surface area contributed by atoms with Gasteiger partial charge in [-0.25, -0.2) is 9.78 Å². The van der Waals surface area contributed by atoms with Gasteiger partial charge in [0.25, 0.3) is 0 Å². The fraction of sp³-hybridized carbons (Fsp3) is 0.158. The van der Waals surface area contributed by atoms with Gasteiger partial charge >= 0.3 is 5.97 Å². The zero-order valence-electron chi connectivity index (χ0n) is 13.8. The summed E-state index contributed by atoms with van der Waals surface area (Å²) < 4.78 is 16.2. The molecule has 3 rings (SSSR count). The number of methoxy groups -OCH3 is 1. The number of aryl methyl sites for hydroxylation is 1. The summed E-state index contributed by atoms with van der Waals surface area (Å²) in [6, 6.07) is 12.6. The number of ether oxygens (including phenoxy) is 2. The van der Waals surface area contributed by atoms with Crippen LogP contribution in [0.15, 0.2) is 53.1 Å². The largest absolute Gasteiger partial charge is 0.483 e. The Hall–Kier alpha value is -2.79. The highest BCUT2D eigenvalue weighted by molar-refractivity contribution is 6.30. The number of oxazole rings is 1. The van der Waals surface area contributed by atoms with Gasteiger partial charge in [-0.15, -0.1) is 0 Å². The molecule has 0 radical (unpaired) electrons. The molecule has 6 heteroatoms. The molecule has 128 valence electrons. The van der Waals surface area contributed by atoms with E-state index in [0.717, 1.165) is 11.1 Å². The van der Waals surface area contributed by atoms with Gasteiger partial charge in [0, 0.05) is 10.6 Å². The summed E-state index contributed by atoms with van der Waals surface area (Å²) in [6.45, 7) is 1.99. The van der Waals surface area contributed by atoms with E-state index in [2.05, 4.69) is 4.98 Å². The van der Waals surface area contributed by atoms with E-state index in [1.54, 1.807) is 30.5 Å². The number of halogens is 1. The van der Waals surface area contributed by atoms with Gasteiger partial charge in [-0.1, -0.05) is 23.2 Å². The first-order valence-electron chi connectivity index (χ1n) is 7.59. The van der Waals surface area contributed by atoms with E-state index in [9.17, 15) is 4.79 Å². The molecule has 2 aromatic carbocycles. The Morgan fingerprint density at radius 3 is 2.68 bits per heavy atom. The highest BCUT2D eigenvalue weighted by atomic mass is 35.5. The van der Waals surface area contributed by atoms with Crippen LogP contribution >= 0.6 is 11.6 Å². The Morgan fingerprint density at radius 2 is 1.96 bits per heavy atom. The predicted octanol–water partition coefficient (Wildman–Crippen LogP) is 4.67. The van der Waals surface area contributed by atoms with E-state index in [0.29, 0.717) is 28.0 Å². The Labute approximate surface area is 150 Å². The summed E-state index contributed by atoms with van der Waals surface area (Å²) in [5, 5.41) is 0.654. The molecular weight excluding hydrogens is 342 g/mol. The molecule has 0 saturated carbocycles. The predicted molar refractivity (Wildman–Crippen MR) is 93.8 cm³/mol. The van der Waals surface area contributed by atoms with Gasteiger partial charge in [-0.2, -0.15) is 0 Å². The van der Waals surface area contributed by atoms with E-state index in [-0.39, 0.29) is 6.61 Å². The molecule has 0 bridgehead atoms. The van der Waals surface area contributed by atoms with Crippen molar-refractivity contribution < 1.29 is 18.7 Å². The molecule has 3 aromatic rings. The molecule has 25 heavy (non-hydrogen) atoms. The van der Waals surface area contributed by atoms with Crippen molar-refractivity contribution in [3.8, 4) is 17.1 Å². The topological polar surface area (TPSA) is 61.6 Å². The lowest BCUT2D eigenvalue weighted by Crippen LogP contribution is -2.06. The van der Waals surface area contributed by atoms with Crippen molar-refractivity contribution in [1.29, 1.82) is 0 Å². The lowest BCUT2D eigenvalue weighted by molar-refractivity contribution is 0.0595. The minimum atomic E-state index is -0.451. The number of hydrogen-bond acceptors (Lipinski definition) is 5. The van der Waals surface area contributed by atoms with Crippen molar-refractivity contribution in [3.05, 3.63) is 70.7 Å². The van der Waals surface area contributed by atoms with Crippen LogP contribution in [-0.2, 0) is 11.3 Å². The van der Waals surface area contributed by atoms with Crippen molar-refractivity contribution >= 4 is 17.6 Å². The van der Waals surface area contributed by atoms with Crippen molar-refractivity contribution in [3.63, 3.8) is 0 Å². The molecule has 0 N–H and O–H groups in total. The van der Waals surface area contributed by atoms with Gasteiger partial charge in [0.05, 0.1) is 13.3 Å². The SMILES string of the molecule is COC(=O)c1cc(C)ccc1OCc1ncc(-c2ccc(Cl)cc2)o1. The smallest absolute Gasteiger partial charge is 0.341 e. The quantitative estimate of drug-likeness (QED) is 0.621. The summed E-state index contributed by atoms with van der Waals surface area (Å²) in [5.41, 5.74) is 2.18. The zero-order valence-corrected chi connectivity index (χ0v) is 14.5. The van der Waals surface area contributed by atoms with Crippen LogP contribution in [0.25, 0.3) is 11.3 Å². The summed E-state index contributed by atoms with van der Waals surface area (Å²) in [5.74, 6) is 0.991. The number of aromatic nitrogens is 1. The Morgan fingerprint density at radius 1 is 1.20 bits per heavy atom. The Balaban J connectivity index is 1.74. The van der Waals surface area contributed by atoms with Crippen LogP contribution in [0.1, 0.15) is 21.8 Å². The monoisotopic (exact) mass is 357 g/mol. The fourth-order valence-corrected chi connectivity index (χ4v) is 2.43. The fourth-order valence-electron chi connectivity index (χ4n) is 2.30. The maximum Gasteiger partial charge on any atom is 0.341 e. The Kier molecular flexibility index (Phi) is 5.05. The van der Waals surface area contributed by atoms with Crippen molar-refractivity contribution in [2.45, 2.75) is 13.5 Å². The van der Waals surface area contributed by atoms with Gasteiger partial charge in [0.15, 0.2) is 12.4 Å². The molecule has 0 aliphatic heterocycles. The van der Waals surface area contributed by atoms with Crippen molar-refractivity contribution in [1.82, 2.24) is 4.98 Å². The number of nitrogens with zero attached hydrogens (tertiary/aromatic N) is 1. The van der Waals surface area contributed by atoms with E-state index in [1.807, 2.05) is 25.1 Å². The average molecular weight is 358 g/mol. The minimum Gasteiger partial charge on any atom is -0.483 e. The molecular formula is C19H16ClNO4. The van der Waals surface area contributed by atoms with E-state index in [1.165, 1.54) is 7.11 Å². The molecule has 0 aliphatic carbocycles. The summed E-state index contributed by atoms with van der Waals surface area (Å²) in [4.78, 5) is 16.1. The van der Waals surface area contributed by atoms with Gasteiger partial charge < -0.3 is 13.9 Å². The number of esters is 1. The molecule has 1 aromatic heterocycles. The molecule has 0 saturated heterocycles. The molecule has 0 unspecified atom stereocenters. The second-order valence-electron chi connectivity index (χ2n) is 5.41. The molecule has 0 spiro atoms. The molecule has 0 atom stereocenters. The Bertz CT molecular complexity index is 887. The van der Waals surface area contributed by atoms with Crippen LogP contribution in [-0.4, -0.2) is 18.1 Å². The van der Waals surface area contributed by atoms with Crippen LogP contribution in [0.3, 0.4) is 0 Å². The highest BCUT2D eigenvalue weighted by Crippen LogP contribution is 2.25. The number of hydrogen-bond donors (Lipinski definition) is 0. The first-order valence-corrected chi connectivity index (χ1v) is 7.97. The van der Waals surface area contributed by atoms with E-state index in [4.69, 9.17) is 25.5 Å². The number of benzene rings is 2. The van der Waals surface area contributed by atoms with Crippen LogP contribution in [0.5, 0.6) is 5.75 Å². The molecule has 0 fully saturated rings. The lowest BCUT2D eigenvalue weighted by Gasteiger charge is -2.09. The highest BCUT2D eigenvalue weighted by Gasteiger charge is 2.14. The van der Waals surface area contributed by atoms with Gasteiger partial charge in [0.2, 0.25) is 5.89 Å². The average Bonchev–Trinajstić information content (AvgIpc) is 3.09. The van der Waals surface area contributed by atoms with Crippen molar-refractivity contribution in [2.24, 2.45) is 0 Å². The maximum atomic E-state index is 11.9. The van der Waals surface area contributed by atoms with Crippen LogP contribution in [0.4, 0.5) is 0 Å². The summed E-state index contributed by atoms with van der Waals surface area (Å²) >= 11 is 5.88. The molecule has 0 amide bonds. The number of carbonyl (C=O) groups is 1. The summed E-state index contributed by atoms with van der Waals surface area (Å²) in [6.07, 6.45) is 1.62. The standard InChI is InChI=1S/C19H16ClNO4/c1-12-3-8-16(15(9-12)19(22)23-2)24-11-18-21-10-17(25-18)13-4-6-14(20)7-5-13/h3-10H,11H2,1-2H3. The minimum absolute atomic E-state index is 0.0979. The second kappa shape index (κ2) is 7.40. The zero-order chi connectivity index (χ0) is 17.8. The lowest BCUT2D eigenvalue weighted by atomic mass is 10.1. The first kappa shape index (κ1) is 17.0. The molecule has 5 nitrogen and oxygen atoms in total. The second-order valence-corrected chi connectivity index (χ2v) is 5.84. The first-order chi connectivity index (χ1) is 12.1. The number of carbonyl (C=O) groups excluding carboxylic acids is 1. The van der Waals surface area contributed by atoms with Crippen molar-refractivity contribution in [2.75, 3.05) is 7.11 Å². The molecule has 1 heterocycles. The summed E-state index contributed by atoms with van der Waals surface area (Å²) in [7, 11) is 1.33. The maximum absolute atomic E-state index is 11.9.